The van der Waals surface area contributed by atoms with E-state index in [0.29, 0.717) is 33.8 Å². The number of ether oxygens (including phenoxy) is 2. The molecule has 0 fully saturated rings. The number of alkyl halides is 1. The Kier molecular flexibility index (Phi) is 7.37. The molecule has 188 valence electrons. The van der Waals surface area contributed by atoms with Gasteiger partial charge in [0.25, 0.3) is 0 Å². The summed E-state index contributed by atoms with van der Waals surface area (Å²) in [5.74, 6) is 1.37. The quantitative estimate of drug-likeness (QED) is 0.370. The fourth-order valence-electron chi connectivity index (χ4n) is 4.13. The fraction of sp³-hybridized carbons (Fsp3) is 0.308. The highest BCUT2D eigenvalue weighted by atomic mass is 35.5. The van der Waals surface area contributed by atoms with E-state index in [2.05, 4.69) is 24.9 Å². The Balaban J connectivity index is 1.64. The second kappa shape index (κ2) is 10.2. The van der Waals surface area contributed by atoms with Crippen LogP contribution in [0.5, 0.6) is 11.5 Å². The molecule has 1 aliphatic rings. The maximum Gasteiger partial charge on any atom is 0.233 e. The number of benzene rings is 2. The van der Waals surface area contributed by atoms with Crippen molar-refractivity contribution in [2.45, 2.75) is 19.3 Å². The van der Waals surface area contributed by atoms with Crippen molar-refractivity contribution in [2.75, 3.05) is 36.2 Å². The van der Waals surface area contributed by atoms with Gasteiger partial charge in [0.15, 0.2) is 17.3 Å². The number of nitrogens with zero attached hydrogens (tertiary/aromatic N) is 3. The molecule has 0 bridgehead atoms. The van der Waals surface area contributed by atoms with Gasteiger partial charge in [-0.25, -0.2) is 17.7 Å². The zero-order valence-electron chi connectivity index (χ0n) is 20.1. The zero-order chi connectivity index (χ0) is 26.1. The minimum absolute atomic E-state index is 0.235. The lowest BCUT2D eigenvalue weighted by Crippen LogP contribution is -2.37. The van der Waals surface area contributed by atoms with Gasteiger partial charge in [-0.15, -0.1) is 11.6 Å². The second-order valence-electron chi connectivity index (χ2n) is 8.92. The van der Waals surface area contributed by atoms with Gasteiger partial charge in [-0.2, -0.15) is 5.26 Å². The summed E-state index contributed by atoms with van der Waals surface area (Å²) < 4.78 is 36.7. The van der Waals surface area contributed by atoms with Crippen LogP contribution < -0.4 is 13.8 Å². The van der Waals surface area contributed by atoms with Crippen molar-refractivity contribution in [3.05, 3.63) is 70.4 Å². The fourth-order valence-corrected chi connectivity index (χ4v) is 5.34. The van der Waals surface area contributed by atoms with E-state index in [-0.39, 0.29) is 19.8 Å². The third-order valence-corrected chi connectivity index (χ3v) is 7.76. The molecule has 0 radical (unpaired) electrons. The predicted octanol–water partition coefficient (Wildman–Crippen LogP) is 5.38. The molecular weight excluding hydrogens is 521 g/mol. The Bertz CT molecular complexity index is 1430. The SMILES string of the molecule is CC(C)(c1ccc(-c2cnc3c(c2)OCCN3S(C)(=O)=O)cc1)c1cc(Cl)c(OCCCl)c(C#N)c1. The van der Waals surface area contributed by atoms with Gasteiger partial charge in [-0.3, -0.25) is 0 Å². The van der Waals surface area contributed by atoms with Crippen LogP contribution in [0, 0.1) is 11.3 Å². The van der Waals surface area contributed by atoms with Gasteiger partial charge in [0.1, 0.15) is 19.3 Å². The van der Waals surface area contributed by atoms with E-state index in [4.69, 9.17) is 32.7 Å². The molecule has 3 aromatic rings. The molecule has 36 heavy (non-hydrogen) atoms. The maximum atomic E-state index is 12.1. The smallest absolute Gasteiger partial charge is 0.233 e. The van der Waals surface area contributed by atoms with E-state index in [1.165, 1.54) is 4.31 Å². The minimum atomic E-state index is -3.43. The third-order valence-electron chi connectivity index (χ3n) is 6.17. The summed E-state index contributed by atoms with van der Waals surface area (Å²) in [4.78, 5) is 4.38. The number of halogens is 2. The lowest BCUT2D eigenvalue weighted by molar-refractivity contribution is 0.314. The Hall–Kier alpha value is -2.99. The van der Waals surface area contributed by atoms with Crippen LogP contribution in [0.3, 0.4) is 0 Å². The molecule has 2 heterocycles. The second-order valence-corrected chi connectivity index (χ2v) is 11.6. The van der Waals surface area contributed by atoms with Crippen LogP contribution in [0.15, 0.2) is 48.7 Å². The molecule has 7 nitrogen and oxygen atoms in total. The number of sulfonamides is 1. The maximum absolute atomic E-state index is 12.1. The van der Waals surface area contributed by atoms with Crippen LogP contribution in [0.25, 0.3) is 11.1 Å². The van der Waals surface area contributed by atoms with Crippen LogP contribution in [0.4, 0.5) is 5.82 Å². The highest BCUT2D eigenvalue weighted by Gasteiger charge is 2.28. The molecule has 1 aliphatic heterocycles. The number of nitriles is 1. The first-order valence-corrected chi connectivity index (χ1v) is 14.0. The number of fused-ring (bicyclic) bond motifs is 1. The number of hydrogen-bond donors (Lipinski definition) is 0. The summed E-state index contributed by atoms with van der Waals surface area (Å²) in [6, 6.07) is 15.5. The monoisotopic (exact) mass is 545 g/mol. The molecule has 0 aliphatic carbocycles. The van der Waals surface area contributed by atoms with E-state index in [9.17, 15) is 13.7 Å². The summed E-state index contributed by atoms with van der Waals surface area (Å²) in [6.07, 6.45) is 2.80. The van der Waals surface area contributed by atoms with Crippen molar-refractivity contribution in [1.29, 1.82) is 5.26 Å². The molecule has 0 unspecified atom stereocenters. The average Bonchev–Trinajstić information content (AvgIpc) is 2.86. The Morgan fingerprint density at radius 2 is 1.89 bits per heavy atom. The van der Waals surface area contributed by atoms with Crippen molar-refractivity contribution >= 4 is 39.0 Å². The van der Waals surface area contributed by atoms with Crippen LogP contribution in [-0.4, -0.2) is 45.3 Å². The highest BCUT2D eigenvalue weighted by Crippen LogP contribution is 2.39. The summed E-state index contributed by atoms with van der Waals surface area (Å²) in [5.41, 5.74) is 3.52. The van der Waals surface area contributed by atoms with Gasteiger partial charge >= 0.3 is 0 Å². The molecule has 0 N–H and O–H groups in total. The molecule has 4 rings (SSSR count). The number of pyridine rings is 1. The first-order valence-electron chi connectivity index (χ1n) is 11.2. The van der Waals surface area contributed by atoms with E-state index >= 15 is 0 Å². The van der Waals surface area contributed by atoms with Crippen molar-refractivity contribution in [3.63, 3.8) is 0 Å². The molecule has 2 aromatic carbocycles. The summed E-state index contributed by atoms with van der Waals surface area (Å²) in [6.45, 7) is 4.87. The van der Waals surface area contributed by atoms with Crippen LogP contribution in [0.1, 0.15) is 30.5 Å². The van der Waals surface area contributed by atoms with Crippen LogP contribution >= 0.6 is 23.2 Å². The van der Waals surface area contributed by atoms with Gasteiger partial charge in [0.05, 0.1) is 29.3 Å². The summed E-state index contributed by atoms with van der Waals surface area (Å²) >= 11 is 12.2. The van der Waals surface area contributed by atoms with Crippen LogP contribution in [-0.2, 0) is 15.4 Å². The summed E-state index contributed by atoms with van der Waals surface area (Å²) in [5, 5.41) is 10.00. The zero-order valence-corrected chi connectivity index (χ0v) is 22.4. The first kappa shape index (κ1) is 26.1. The van der Waals surface area contributed by atoms with Gasteiger partial charge < -0.3 is 9.47 Å². The Morgan fingerprint density at radius 3 is 2.53 bits per heavy atom. The molecule has 0 atom stereocenters. The van der Waals surface area contributed by atoms with E-state index in [0.717, 1.165) is 28.5 Å². The average molecular weight is 546 g/mol. The van der Waals surface area contributed by atoms with E-state index in [1.807, 2.05) is 30.3 Å². The normalized spacial score (nSPS) is 13.5. The topological polar surface area (TPSA) is 92.5 Å². The van der Waals surface area contributed by atoms with Crippen molar-refractivity contribution < 1.29 is 17.9 Å². The molecule has 0 saturated carbocycles. The van der Waals surface area contributed by atoms with E-state index in [1.54, 1.807) is 18.3 Å². The molecule has 0 spiro atoms. The lowest BCUT2D eigenvalue weighted by Gasteiger charge is -2.28. The van der Waals surface area contributed by atoms with E-state index < -0.39 is 15.4 Å². The Morgan fingerprint density at radius 1 is 1.17 bits per heavy atom. The molecule has 10 heteroatoms. The van der Waals surface area contributed by atoms with Gasteiger partial charge in [-0.05, 0) is 34.9 Å². The number of hydrogen-bond acceptors (Lipinski definition) is 6. The van der Waals surface area contributed by atoms with Crippen molar-refractivity contribution in [2.24, 2.45) is 0 Å². The minimum Gasteiger partial charge on any atom is -0.489 e. The Labute approximate surface area is 221 Å². The lowest BCUT2D eigenvalue weighted by atomic mass is 9.77. The van der Waals surface area contributed by atoms with Crippen molar-refractivity contribution in [3.8, 4) is 28.7 Å². The third kappa shape index (κ3) is 5.10. The van der Waals surface area contributed by atoms with Gasteiger partial charge in [0, 0.05) is 17.2 Å². The molecule has 1 aromatic heterocycles. The first-order chi connectivity index (χ1) is 17.1. The highest BCUT2D eigenvalue weighted by molar-refractivity contribution is 7.92. The standard InChI is InChI=1S/C26H25Cl2N3O4S/c1-26(2,21-12-18(15-29)24(22(28)14-21)35-10-8-27)20-6-4-17(5-7-20)19-13-23-25(30-16-19)31(9-11-34-23)36(3,32)33/h4-7,12-14,16H,8-11H2,1-3H3. The number of anilines is 1. The number of rotatable bonds is 7. The summed E-state index contributed by atoms with van der Waals surface area (Å²) in [7, 11) is -3.43. The van der Waals surface area contributed by atoms with Gasteiger partial charge in [0.2, 0.25) is 10.0 Å². The molecule has 0 saturated heterocycles. The predicted molar refractivity (Wildman–Crippen MR) is 142 cm³/mol. The molecular formula is C26H25Cl2N3O4S. The number of aromatic nitrogens is 1. The largest absolute Gasteiger partial charge is 0.489 e. The van der Waals surface area contributed by atoms with Crippen molar-refractivity contribution in [1.82, 2.24) is 4.98 Å². The van der Waals surface area contributed by atoms with Crippen LogP contribution in [0.2, 0.25) is 5.02 Å². The van der Waals surface area contributed by atoms with Gasteiger partial charge in [-0.1, -0.05) is 49.7 Å². The molecule has 0 amide bonds.